The summed E-state index contributed by atoms with van der Waals surface area (Å²) in [4.78, 5) is 7.88. The van der Waals surface area contributed by atoms with Crippen molar-refractivity contribution in [1.82, 2.24) is 9.97 Å². The summed E-state index contributed by atoms with van der Waals surface area (Å²) >= 11 is 0. The first-order valence-corrected chi connectivity index (χ1v) is 6.47. The summed E-state index contributed by atoms with van der Waals surface area (Å²) in [5.74, 6) is 0.347. The highest BCUT2D eigenvalue weighted by molar-refractivity contribution is 5.68. The number of hydrogen-bond acceptors (Lipinski definition) is 4. The van der Waals surface area contributed by atoms with Crippen LogP contribution in [0.25, 0.3) is 11.3 Å². The lowest BCUT2D eigenvalue weighted by Crippen LogP contribution is -2.09. The number of nitrogens with zero attached hydrogens (tertiary/aromatic N) is 2. The molecule has 0 bridgehead atoms. The van der Waals surface area contributed by atoms with Crippen molar-refractivity contribution in [2.45, 2.75) is 19.5 Å². The van der Waals surface area contributed by atoms with Crippen LogP contribution in [0.2, 0.25) is 0 Å². The summed E-state index contributed by atoms with van der Waals surface area (Å²) < 4.78 is 39.1. The number of hydrogen-bond donors (Lipinski definition) is 2. The van der Waals surface area contributed by atoms with E-state index in [1.807, 2.05) is 6.92 Å². The predicted octanol–water partition coefficient (Wildman–Crippen LogP) is 3.57. The van der Waals surface area contributed by atoms with E-state index in [2.05, 4.69) is 15.3 Å². The van der Waals surface area contributed by atoms with Crippen molar-refractivity contribution in [3.63, 3.8) is 0 Å². The smallest absolute Gasteiger partial charge is 0.370 e. The van der Waals surface area contributed by atoms with Crippen molar-refractivity contribution in [1.29, 1.82) is 0 Å². The Hall–Kier alpha value is -2.31. The first-order valence-electron chi connectivity index (χ1n) is 6.47. The van der Waals surface area contributed by atoms with Gasteiger partial charge in [-0.05, 0) is 12.5 Å². The van der Waals surface area contributed by atoms with Gasteiger partial charge >= 0.3 is 6.18 Å². The van der Waals surface area contributed by atoms with Crippen molar-refractivity contribution >= 4 is 11.8 Å². The fourth-order valence-corrected chi connectivity index (χ4v) is 1.90. The third kappa shape index (κ3) is 3.62. The molecule has 0 radical (unpaired) electrons. The molecule has 1 heterocycles. The van der Waals surface area contributed by atoms with Crippen LogP contribution in [-0.2, 0) is 6.18 Å². The minimum Gasteiger partial charge on any atom is -0.370 e. The highest BCUT2D eigenvalue weighted by Crippen LogP contribution is 2.36. The minimum absolute atomic E-state index is 0.0151. The van der Waals surface area contributed by atoms with Gasteiger partial charge in [0, 0.05) is 18.2 Å². The molecule has 0 aliphatic heterocycles. The summed E-state index contributed by atoms with van der Waals surface area (Å²) in [5, 5.41) is 2.99. The Kier molecular flexibility index (Phi) is 4.30. The molecule has 1 aromatic carbocycles. The van der Waals surface area contributed by atoms with E-state index in [1.165, 1.54) is 24.3 Å². The molecule has 0 fully saturated rings. The van der Waals surface area contributed by atoms with Gasteiger partial charge in [-0.1, -0.05) is 25.1 Å². The fourth-order valence-electron chi connectivity index (χ4n) is 1.90. The summed E-state index contributed by atoms with van der Waals surface area (Å²) in [6.45, 7) is 2.62. The second-order valence-electron chi connectivity index (χ2n) is 4.47. The molecule has 0 saturated heterocycles. The van der Waals surface area contributed by atoms with Crippen LogP contribution in [0, 0.1) is 0 Å². The maximum Gasteiger partial charge on any atom is 0.417 e. The van der Waals surface area contributed by atoms with Crippen molar-refractivity contribution in [3.8, 4) is 11.3 Å². The van der Waals surface area contributed by atoms with Gasteiger partial charge in [0.15, 0.2) is 0 Å². The molecule has 2 aromatic rings. The maximum atomic E-state index is 13.0. The van der Waals surface area contributed by atoms with Crippen molar-refractivity contribution in [2.24, 2.45) is 0 Å². The van der Waals surface area contributed by atoms with Crippen LogP contribution in [0.1, 0.15) is 18.9 Å². The fraction of sp³-hybridized carbons (Fsp3) is 0.286. The number of nitrogen functional groups attached to an aromatic ring is 1. The highest BCUT2D eigenvalue weighted by atomic mass is 19.4. The maximum absolute atomic E-state index is 13.0. The van der Waals surface area contributed by atoms with Crippen LogP contribution in [0.5, 0.6) is 0 Å². The molecule has 0 aliphatic carbocycles. The molecule has 0 unspecified atom stereocenters. The molecular formula is C14H15F3N4. The molecule has 0 saturated carbocycles. The van der Waals surface area contributed by atoms with Gasteiger partial charge in [-0.25, -0.2) is 4.98 Å². The normalized spacial score (nSPS) is 11.4. The van der Waals surface area contributed by atoms with Crippen LogP contribution < -0.4 is 11.1 Å². The second-order valence-corrected chi connectivity index (χ2v) is 4.47. The topological polar surface area (TPSA) is 63.8 Å². The van der Waals surface area contributed by atoms with E-state index in [-0.39, 0.29) is 17.2 Å². The Morgan fingerprint density at radius 2 is 1.90 bits per heavy atom. The molecule has 112 valence electrons. The number of rotatable bonds is 4. The summed E-state index contributed by atoms with van der Waals surface area (Å²) in [6.07, 6.45) is -3.59. The number of nitrogens with one attached hydrogen (secondary N) is 1. The lowest BCUT2D eigenvalue weighted by molar-refractivity contribution is -0.137. The zero-order valence-corrected chi connectivity index (χ0v) is 11.4. The third-order valence-corrected chi connectivity index (χ3v) is 2.81. The Balaban J connectivity index is 2.49. The van der Waals surface area contributed by atoms with Crippen molar-refractivity contribution in [2.75, 3.05) is 17.6 Å². The van der Waals surface area contributed by atoms with Crippen LogP contribution >= 0.6 is 0 Å². The highest BCUT2D eigenvalue weighted by Gasteiger charge is 2.33. The van der Waals surface area contributed by atoms with Gasteiger partial charge in [-0.2, -0.15) is 18.2 Å². The van der Waals surface area contributed by atoms with E-state index in [1.54, 1.807) is 0 Å². The Labute approximate surface area is 120 Å². The van der Waals surface area contributed by atoms with Crippen LogP contribution in [0.4, 0.5) is 24.9 Å². The van der Waals surface area contributed by atoms with Crippen LogP contribution in [0.15, 0.2) is 30.3 Å². The van der Waals surface area contributed by atoms with Gasteiger partial charge in [0.1, 0.15) is 5.82 Å². The Bertz CT molecular complexity index is 626. The summed E-state index contributed by atoms with van der Waals surface area (Å²) in [7, 11) is 0. The van der Waals surface area contributed by atoms with E-state index >= 15 is 0 Å². The van der Waals surface area contributed by atoms with Gasteiger partial charge in [-0.3, -0.25) is 0 Å². The predicted molar refractivity (Wildman–Crippen MR) is 75.7 cm³/mol. The minimum atomic E-state index is -4.45. The average Bonchev–Trinajstić information content (AvgIpc) is 2.43. The number of halogens is 3. The first kappa shape index (κ1) is 15.1. The molecule has 7 heteroatoms. The number of nitrogens with two attached hydrogens (primary N) is 1. The van der Waals surface area contributed by atoms with Gasteiger partial charge in [0.25, 0.3) is 0 Å². The SMILES string of the molecule is CCCNc1cc(-c2ccccc2C(F)(F)F)nc(N)n1. The first-order chi connectivity index (χ1) is 9.91. The van der Waals surface area contributed by atoms with Gasteiger partial charge in [-0.15, -0.1) is 0 Å². The average molecular weight is 296 g/mol. The molecule has 0 atom stereocenters. The Morgan fingerprint density at radius 1 is 1.19 bits per heavy atom. The molecular weight excluding hydrogens is 281 g/mol. The van der Waals surface area contributed by atoms with E-state index in [9.17, 15) is 13.2 Å². The van der Waals surface area contributed by atoms with Crippen LogP contribution in [-0.4, -0.2) is 16.5 Å². The zero-order valence-electron chi connectivity index (χ0n) is 11.4. The molecule has 0 aliphatic rings. The van der Waals surface area contributed by atoms with E-state index in [4.69, 9.17) is 5.73 Å². The Morgan fingerprint density at radius 3 is 2.57 bits per heavy atom. The zero-order chi connectivity index (χ0) is 15.5. The van der Waals surface area contributed by atoms with E-state index in [0.29, 0.717) is 12.4 Å². The number of benzene rings is 1. The third-order valence-electron chi connectivity index (χ3n) is 2.81. The molecule has 2 rings (SSSR count). The molecule has 1 aromatic heterocycles. The van der Waals surface area contributed by atoms with Crippen molar-refractivity contribution in [3.05, 3.63) is 35.9 Å². The molecule has 21 heavy (non-hydrogen) atoms. The number of aromatic nitrogens is 2. The summed E-state index contributed by atoms with van der Waals surface area (Å²) in [6, 6.07) is 6.73. The standard InChI is InChI=1S/C14H15F3N4/c1-2-7-19-12-8-11(20-13(18)21-12)9-5-3-4-6-10(9)14(15,16)17/h3-6,8H,2,7H2,1H3,(H3,18,19,20,21). The lowest BCUT2D eigenvalue weighted by atomic mass is 10.0. The lowest BCUT2D eigenvalue weighted by Gasteiger charge is -2.13. The van der Waals surface area contributed by atoms with Gasteiger partial charge in [0.05, 0.1) is 11.3 Å². The molecule has 0 spiro atoms. The van der Waals surface area contributed by atoms with Crippen molar-refractivity contribution < 1.29 is 13.2 Å². The molecule has 3 N–H and O–H groups in total. The number of alkyl halides is 3. The van der Waals surface area contributed by atoms with Gasteiger partial charge < -0.3 is 11.1 Å². The number of anilines is 2. The molecule has 0 amide bonds. The van der Waals surface area contributed by atoms with E-state index < -0.39 is 11.7 Å². The van der Waals surface area contributed by atoms with Gasteiger partial charge in [0.2, 0.25) is 5.95 Å². The quantitative estimate of drug-likeness (QED) is 0.905. The largest absolute Gasteiger partial charge is 0.417 e. The molecule has 4 nitrogen and oxygen atoms in total. The summed E-state index contributed by atoms with van der Waals surface area (Å²) in [5.41, 5.74) is 4.97. The second kappa shape index (κ2) is 5.99. The van der Waals surface area contributed by atoms with Crippen LogP contribution in [0.3, 0.4) is 0 Å². The van der Waals surface area contributed by atoms with E-state index in [0.717, 1.165) is 12.5 Å². The monoisotopic (exact) mass is 296 g/mol.